The molecule has 0 fully saturated rings. The van der Waals surface area contributed by atoms with Crippen molar-refractivity contribution in [3.05, 3.63) is 86.5 Å². The van der Waals surface area contributed by atoms with E-state index >= 15 is 0 Å². The monoisotopic (exact) mass is 434 g/mol. The Morgan fingerprint density at radius 1 is 1.10 bits per heavy atom. The van der Waals surface area contributed by atoms with Crippen molar-refractivity contribution >= 4 is 27.3 Å². The molecule has 0 N–H and O–H groups in total. The summed E-state index contributed by atoms with van der Waals surface area (Å²) in [5, 5.41) is 2.49. The minimum atomic E-state index is -0.358. The zero-order valence-electron chi connectivity index (χ0n) is 17.7. The lowest BCUT2D eigenvalue weighted by atomic mass is 10.0. The van der Waals surface area contributed by atoms with Crippen LogP contribution in [0.5, 0.6) is 0 Å². The summed E-state index contributed by atoms with van der Waals surface area (Å²) in [6.07, 6.45) is 1.48. The van der Waals surface area contributed by atoms with Gasteiger partial charge in [-0.1, -0.05) is 38.1 Å². The molecule has 4 nitrogen and oxygen atoms in total. The van der Waals surface area contributed by atoms with Crippen LogP contribution in [0.2, 0.25) is 0 Å². The lowest BCUT2D eigenvalue weighted by Crippen LogP contribution is -2.28. The Morgan fingerprint density at radius 2 is 1.84 bits per heavy atom. The fourth-order valence-corrected chi connectivity index (χ4v) is 4.64. The lowest BCUT2D eigenvalue weighted by molar-refractivity contribution is 0.0969. The molecule has 158 valence electrons. The van der Waals surface area contributed by atoms with Crippen molar-refractivity contribution in [3.8, 4) is 11.1 Å². The predicted octanol–water partition coefficient (Wildman–Crippen LogP) is 5.58. The quantitative estimate of drug-likeness (QED) is 0.372. The highest BCUT2D eigenvalue weighted by atomic mass is 32.1. The average Bonchev–Trinajstić information content (AvgIpc) is 3.21. The molecule has 4 aromatic rings. The Labute approximate surface area is 184 Å². The van der Waals surface area contributed by atoms with Crippen LogP contribution in [-0.4, -0.2) is 15.3 Å². The SMILES string of the molecule is CCc1ccc(-c2csc3nc(CC)n(CC(=O)c4ccc(F)c(C)c4)c(=O)c23)cc1. The maximum absolute atomic E-state index is 13.6. The Morgan fingerprint density at radius 3 is 2.48 bits per heavy atom. The second-order valence-electron chi connectivity index (χ2n) is 7.54. The fraction of sp³-hybridized carbons (Fsp3) is 0.240. The van der Waals surface area contributed by atoms with Gasteiger partial charge in [-0.2, -0.15) is 0 Å². The average molecular weight is 435 g/mol. The van der Waals surface area contributed by atoms with E-state index in [-0.39, 0.29) is 23.7 Å². The van der Waals surface area contributed by atoms with Crippen molar-refractivity contribution in [3.63, 3.8) is 0 Å². The van der Waals surface area contributed by atoms with Gasteiger partial charge in [-0.05, 0) is 48.2 Å². The minimum absolute atomic E-state index is 0.125. The standard InChI is InChI=1S/C25H23FN2O2S/c1-4-16-6-8-17(9-7-16)19-14-31-24-23(19)25(30)28(22(5-2)27-24)13-21(29)18-10-11-20(26)15(3)12-18/h6-12,14H,4-5,13H2,1-3H3. The number of aryl methyl sites for hydroxylation is 3. The maximum Gasteiger partial charge on any atom is 0.263 e. The van der Waals surface area contributed by atoms with Crippen molar-refractivity contribution in [2.24, 2.45) is 0 Å². The molecule has 0 spiro atoms. The summed E-state index contributed by atoms with van der Waals surface area (Å²) in [7, 11) is 0. The van der Waals surface area contributed by atoms with E-state index in [9.17, 15) is 14.0 Å². The second-order valence-corrected chi connectivity index (χ2v) is 8.40. The Balaban J connectivity index is 1.80. The largest absolute Gasteiger partial charge is 0.292 e. The van der Waals surface area contributed by atoms with Gasteiger partial charge in [-0.15, -0.1) is 11.3 Å². The smallest absolute Gasteiger partial charge is 0.263 e. The summed E-state index contributed by atoms with van der Waals surface area (Å²) in [5.41, 5.74) is 3.59. The first-order chi connectivity index (χ1) is 14.9. The van der Waals surface area contributed by atoms with Crippen LogP contribution < -0.4 is 5.56 Å². The first kappa shape index (κ1) is 21.1. The van der Waals surface area contributed by atoms with Crippen LogP contribution in [0.25, 0.3) is 21.3 Å². The number of halogens is 1. The molecule has 0 atom stereocenters. The maximum atomic E-state index is 13.6. The molecular formula is C25H23FN2O2S. The number of aromatic nitrogens is 2. The van der Waals surface area contributed by atoms with Crippen molar-refractivity contribution in [2.75, 3.05) is 0 Å². The topological polar surface area (TPSA) is 52.0 Å². The number of rotatable bonds is 6. The first-order valence-corrected chi connectivity index (χ1v) is 11.2. The molecule has 0 aliphatic rings. The van der Waals surface area contributed by atoms with Crippen molar-refractivity contribution in [1.29, 1.82) is 0 Å². The molecule has 31 heavy (non-hydrogen) atoms. The second kappa shape index (κ2) is 8.55. The highest BCUT2D eigenvalue weighted by Gasteiger charge is 2.19. The van der Waals surface area contributed by atoms with Gasteiger partial charge in [0.1, 0.15) is 16.5 Å². The third-order valence-corrected chi connectivity index (χ3v) is 6.42. The summed E-state index contributed by atoms with van der Waals surface area (Å²) in [6.45, 7) is 5.50. The minimum Gasteiger partial charge on any atom is -0.292 e. The van der Waals surface area contributed by atoms with Crippen LogP contribution in [0.1, 0.15) is 41.2 Å². The molecule has 0 aliphatic carbocycles. The summed E-state index contributed by atoms with van der Waals surface area (Å²) in [4.78, 5) is 31.7. The number of hydrogen-bond acceptors (Lipinski definition) is 4. The molecule has 2 aromatic carbocycles. The van der Waals surface area contributed by atoms with Gasteiger partial charge >= 0.3 is 0 Å². The number of Topliss-reactive ketones (excluding diaryl/α,β-unsaturated/α-hetero) is 1. The van der Waals surface area contributed by atoms with Gasteiger partial charge in [0, 0.05) is 22.9 Å². The molecule has 6 heteroatoms. The Hall–Kier alpha value is -3.12. The van der Waals surface area contributed by atoms with E-state index < -0.39 is 0 Å². The third-order valence-electron chi connectivity index (χ3n) is 5.54. The number of hydrogen-bond donors (Lipinski definition) is 0. The molecule has 2 aromatic heterocycles. The highest BCUT2D eigenvalue weighted by Crippen LogP contribution is 2.31. The molecule has 0 radical (unpaired) electrons. The van der Waals surface area contributed by atoms with E-state index in [0.29, 0.717) is 33.6 Å². The van der Waals surface area contributed by atoms with Gasteiger partial charge in [-0.3, -0.25) is 14.2 Å². The fourth-order valence-electron chi connectivity index (χ4n) is 3.68. The molecule has 0 saturated carbocycles. The predicted molar refractivity (Wildman–Crippen MR) is 124 cm³/mol. The van der Waals surface area contributed by atoms with Crippen LogP contribution in [0.15, 0.2) is 52.6 Å². The van der Waals surface area contributed by atoms with Crippen LogP contribution in [-0.2, 0) is 19.4 Å². The first-order valence-electron chi connectivity index (χ1n) is 10.3. The number of nitrogens with zero attached hydrogens (tertiary/aromatic N) is 2. The van der Waals surface area contributed by atoms with E-state index in [1.54, 1.807) is 6.92 Å². The number of thiophene rings is 1. The van der Waals surface area contributed by atoms with Crippen LogP contribution >= 0.6 is 11.3 Å². The van der Waals surface area contributed by atoms with Crippen LogP contribution in [0, 0.1) is 12.7 Å². The number of ketones is 1. The number of carbonyl (C=O) groups is 1. The van der Waals surface area contributed by atoms with E-state index in [1.165, 1.54) is 39.7 Å². The van der Waals surface area contributed by atoms with E-state index in [0.717, 1.165) is 17.5 Å². The van der Waals surface area contributed by atoms with Crippen LogP contribution in [0.4, 0.5) is 4.39 Å². The molecule has 0 unspecified atom stereocenters. The Bertz CT molecular complexity index is 1340. The molecule has 4 rings (SSSR count). The molecule has 0 bridgehead atoms. The summed E-state index contributed by atoms with van der Waals surface area (Å²) < 4.78 is 15.0. The molecule has 0 amide bonds. The van der Waals surface area contributed by atoms with Crippen molar-refractivity contribution < 1.29 is 9.18 Å². The van der Waals surface area contributed by atoms with Crippen molar-refractivity contribution in [2.45, 2.75) is 40.2 Å². The number of fused-ring (bicyclic) bond motifs is 1. The highest BCUT2D eigenvalue weighted by molar-refractivity contribution is 7.17. The zero-order chi connectivity index (χ0) is 22.1. The van der Waals surface area contributed by atoms with Gasteiger partial charge in [0.15, 0.2) is 5.78 Å². The Kier molecular flexibility index (Phi) is 5.83. The van der Waals surface area contributed by atoms with Crippen LogP contribution in [0.3, 0.4) is 0 Å². The summed E-state index contributed by atoms with van der Waals surface area (Å²) in [6, 6.07) is 12.4. The molecule has 0 aliphatic heterocycles. The molecular weight excluding hydrogens is 411 g/mol. The molecule has 0 saturated heterocycles. The normalized spacial score (nSPS) is 11.2. The lowest BCUT2D eigenvalue weighted by Gasteiger charge is -2.12. The molecule has 2 heterocycles. The summed E-state index contributed by atoms with van der Waals surface area (Å²) in [5.74, 6) is -0.0346. The van der Waals surface area contributed by atoms with Gasteiger partial charge in [0.05, 0.1) is 11.9 Å². The van der Waals surface area contributed by atoms with Gasteiger partial charge in [0.2, 0.25) is 0 Å². The van der Waals surface area contributed by atoms with E-state index in [4.69, 9.17) is 0 Å². The van der Waals surface area contributed by atoms with E-state index in [1.807, 2.05) is 24.4 Å². The van der Waals surface area contributed by atoms with Gasteiger partial charge in [-0.25, -0.2) is 9.37 Å². The van der Waals surface area contributed by atoms with Crippen molar-refractivity contribution in [1.82, 2.24) is 9.55 Å². The van der Waals surface area contributed by atoms with Gasteiger partial charge < -0.3 is 0 Å². The number of carbonyl (C=O) groups excluding carboxylic acids is 1. The van der Waals surface area contributed by atoms with Gasteiger partial charge in [0.25, 0.3) is 5.56 Å². The van der Waals surface area contributed by atoms with E-state index in [2.05, 4.69) is 24.0 Å². The summed E-state index contributed by atoms with van der Waals surface area (Å²) >= 11 is 1.44. The number of benzene rings is 2. The third kappa shape index (κ3) is 3.95. The zero-order valence-corrected chi connectivity index (χ0v) is 18.6.